The van der Waals surface area contributed by atoms with E-state index >= 15 is 0 Å². The van der Waals surface area contributed by atoms with Crippen LogP contribution in [0.3, 0.4) is 0 Å². The highest BCUT2D eigenvalue weighted by Crippen LogP contribution is 2.41. The molecule has 2 fully saturated rings. The average molecular weight is 615 g/mol. The number of benzene rings is 2. The first-order valence-corrected chi connectivity index (χ1v) is 14.8. The van der Waals surface area contributed by atoms with E-state index in [-0.39, 0.29) is 51.0 Å². The molecule has 2 aliphatic heterocycles. The van der Waals surface area contributed by atoms with Gasteiger partial charge in [-0.25, -0.2) is 19.3 Å². The third kappa shape index (κ3) is 4.48. The first-order chi connectivity index (χ1) is 21.2. The van der Waals surface area contributed by atoms with Crippen LogP contribution in [0.1, 0.15) is 30.1 Å². The normalized spacial score (nSPS) is 19.7. The number of para-hydroxylation sites is 1. The molecule has 226 valence electrons. The van der Waals surface area contributed by atoms with Crippen LogP contribution in [0.25, 0.3) is 27.8 Å². The van der Waals surface area contributed by atoms with Crippen molar-refractivity contribution in [3.63, 3.8) is 0 Å². The highest BCUT2D eigenvalue weighted by atomic mass is 35.5. The van der Waals surface area contributed by atoms with E-state index in [4.69, 9.17) is 22.1 Å². The van der Waals surface area contributed by atoms with Gasteiger partial charge in [0.1, 0.15) is 5.82 Å². The summed E-state index contributed by atoms with van der Waals surface area (Å²) in [5.41, 5.74) is 6.65. The van der Waals surface area contributed by atoms with Crippen molar-refractivity contribution < 1.29 is 9.53 Å². The summed E-state index contributed by atoms with van der Waals surface area (Å²) in [6, 6.07) is 12.1. The van der Waals surface area contributed by atoms with Gasteiger partial charge in [-0.05, 0) is 44.0 Å². The van der Waals surface area contributed by atoms with Gasteiger partial charge >= 0.3 is 5.69 Å². The maximum absolute atomic E-state index is 13.6. The molecule has 5 heterocycles. The van der Waals surface area contributed by atoms with Crippen LogP contribution in [0.4, 0.5) is 11.5 Å². The van der Waals surface area contributed by atoms with Crippen LogP contribution in [0.2, 0.25) is 5.02 Å². The van der Waals surface area contributed by atoms with Crippen LogP contribution in [-0.4, -0.2) is 61.8 Å². The summed E-state index contributed by atoms with van der Waals surface area (Å²) >= 11 is 6.70. The third-order valence-corrected chi connectivity index (χ3v) is 9.53. The number of carbonyl (C=O) groups is 1. The second-order valence-electron chi connectivity index (χ2n) is 11.7. The average Bonchev–Trinajstić information content (AvgIpc) is 3.53. The van der Waals surface area contributed by atoms with Gasteiger partial charge in [-0.3, -0.25) is 14.6 Å². The lowest BCUT2D eigenvalue weighted by Crippen LogP contribution is -2.50. The first-order valence-electron chi connectivity index (χ1n) is 14.5. The van der Waals surface area contributed by atoms with Gasteiger partial charge in [0.2, 0.25) is 0 Å². The molecule has 0 aliphatic carbocycles. The number of hydrogen-bond donors (Lipinski definition) is 3. The lowest BCUT2D eigenvalue weighted by molar-refractivity contribution is 0.0974. The first kappa shape index (κ1) is 28.3. The molecule has 44 heavy (non-hydrogen) atoms. The minimum absolute atomic E-state index is 0.0113. The SMILES string of the molecule is C[C@@H]1OCC2(CCN(c3cnc4c(=O)n(-c5cccc(NC(=O)c6cccc7ccn(C)c67)c5Cl)c(=O)[nH]c4n3)CC2)[C@@H]1N. The van der Waals surface area contributed by atoms with Gasteiger partial charge in [0, 0.05) is 43.2 Å². The summed E-state index contributed by atoms with van der Waals surface area (Å²) in [7, 11) is 1.86. The number of rotatable bonds is 4. The monoisotopic (exact) mass is 614 g/mol. The minimum atomic E-state index is -0.728. The van der Waals surface area contributed by atoms with Crippen LogP contribution < -0.4 is 27.2 Å². The Balaban J connectivity index is 1.18. The number of ether oxygens (including phenoxy) is 1. The van der Waals surface area contributed by atoms with Crippen molar-refractivity contribution in [3.8, 4) is 5.69 Å². The molecule has 1 spiro atoms. The largest absolute Gasteiger partial charge is 0.376 e. The van der Waals surface area contributed by atoms with E-state index in [9.17, 15) is 14.4 Å². The quantitative estimate of drug-likeness (QED) is 0.279. The number of halogens is 1. The summed E-state index contributed by atoms with van der Waals surface area (Å²) in [4.78, 5) is 53.9. The van der Waals surface area contributed by atoms with Crippen LogP contribution in [0, 0.1) is 5.41 Å². The smallest absolute Gasteiger partial charge is 0.334 e. The van der Waals surface area contributed by atoms with E-state index in [1.807, 2.05) is 36.9 Å². The second kappa shape index (κ2) is 10.6. The molecule has 0 saturated carbocycles. The van der Waals surface area contributed by atoms with E-state index in [1.165, 1.54) is 6.07 Å². The van der Waals surface area contributed by atoms with Crippen molar-refractivity contribution in [2.45, 2.75) is 31.9 Å². The number of aryl methyl sites for hydroxylation is 1. The highest BCUT2D eigenvalue weighted by Gasteiger charge is 2.47. The number of anilines is 2. The van der Waals surface area contributed by atoms with Crippen molar-refractivity contribution in [1.29, 1.82) is 0 Å². The predicted octanol–water partition coefficient (Wildman–Crippen LogP) is 3.20. The van der Waals surface area contributed by atoms with Crippen LogP contribution in [0.15, 0.2) is 64.4 Å². The molecule has 2 saturated heterocycles. The van der Waals surface area contributed by atoms with Crippen LogP contribution >= 0.6 is 11.6 Å². The van der Waals surface area contributed by atoms with Crippen molar-refractivity contribution in [1.82, 2.24) is 24.1 Å². The Morgan fingerprint density at radius 3 is 2.68 bits per heavy atom. The molecule has 12 nitrogen and oxygen atoms in total. The molecule has 0 unspecified atom stereocenters. The Hall–Kier alpha value is -4.52. The number of hydrogen-bond acceptors (Lipinski definition) is 8. The van der Waals surface area contributed by atoms with Crippen molar-refractivity contribution in [3.05, 3.63) is 86.3 Å². The summed E-state index contributed by atoms with van der Waals surface area (Å²) in [5.74, 6) is 0.187. The summed E-state index contributed by atoms with van der Waals surface area (Å²) in [6.45, 7) is 4.07. The van der Waals surface area contributed by atoms with E-state index < -0.39 is 11.2 Å². The Morgan fingerprint density at radius 2 is 1.93 bits per heavy atom. The number of piperidine rings is 1. The zero-order chi connectivity index (χ0) is 30.7. The fraction of sp³-hybridized carbons (Fsp3) is 0.323. The molecule has 0 radical (unpaired) electrons. The number of nitrogens with two attached hydrogens (primary N) is 1. The number of nitrogens with one attached hydrogen (secondary N) is 2. The molecule has 7 rings (SSSR count). The summed E-state index contributed by atoms with van der Waals surface area (Å²) in [6.07, 6.45) is 5.15. The van der Waals surface area contributed by atoms with E-state index in [0.29, 0.717) is 31.1 Å². The van der Waals surface area contributed by atoms with Gasteiger partial charge in [-0.1, -0.05) is 29.8 Å². The molecular formula is C31H31ClN8O4. The fourth-order valence-corrected chi connectivity index (χ4v) is 6.78. The number of carbonyl (C=O) groups excluding carboxylic acids is 1. The Bertz CT molecular complexity index is 2060. The maximum Gasteiger partial charge on any atom is 0.334 e. The number of amides is 1. The molecular weight excluding hydrogens is 584 g/mol. The Labute approximate surface area is 256 Å². The number of H-pyrrole nitrogens is 1. The number of aromatic amines is 1. The molecule has 2 aromatic carbocycles. The molecule has 5 aromatic rings. The van der Waals surface area contributed by atoms with E-state index in [0.717, 1.165) is 28.3 Å². The van der Waals surface area contributed by atoms with E-state index in [1.54, 1.807) is 30.5 Å². The van der Waals surface area contributed by atoms with Crippen molar-refractivity contribution >= 4 is 51.1 Å². The highest BCUT2D eigenvalue weighted by molar-refractivity contribution is 6.35. The van der Waals surface area contributed by atoms with Crippen molar-refractivity contribution in [2.24, 2.45) is 18.2 Å². The second-order valence-corrected chi connectivity index (χ2v) is 12.0. The van der Waals surface area contributed by atoms with Gasteiger partial charge < -0.3 is 25.3 Å². The number of aromatic nitrogens is 5. The molecule has 13 heteroatoms. The fourth-order valence-electron chi connectivity index (χ4n) is 6.52. The molecule has 2 aliphatic rings. The number of fused-ring (bicyclic) bond motifs is 2. The summed E-state index contributed by atoms with van der Waals surface area (Å²) in [5, 5.41) is 3.78. The Kier molecular flexibility index (Phi) is 6.80. The van der Waals surface area contributed by atoms with Gasteiger partial charge in [0.05, 0.1) is 46.4 Å². The van der Waals surface area contributed by atoms with Gasteiger partial charge in [0.15, 0.2) is 11.2 Å². The predicted molar refractivity (Wildman–Crippen MR) is 169 cm³/mol. The minimum Gasteiger partial charge on any atom is -0.376 e. The molecule has 0 bridgehead atoms. The maximum atomic E-state index is 13.6. The van der Waals surface area contributed by atoms with Crippen LogP contribution in [-0.2, 0) is 11.8 Å². The zero-order valence-corrected chi connectivity index (χ0v) is 25.0. The van der Waals surface area contributed by atoms with Gasteiger partial charge in [-0.2, -0.15) is 0 Å². The number of nitrogens with zero attached hydrogens (tertiary/aromatic N) is 5. The van der Waals surface area contributed by atoms with E-state index in [2.05, 4.69) is 25.2 Å². The molecule has 1 amide bonds. The standard InChI is InChI=1S/C31H31ClN8O4/c1-17-26(33)31(16-44-17)10-13-39(14-11-31)22-15-34-24-27(36-22)37-30(43)40(29(24)42)21-8-4-7-20(23(21)32)35-28(41)19-6-3-5-18-9-12-38(2)25(18)19/h3-9,12,15,17,26H,10-11,13-14,16,33H2,1-2H3,(H,35,41)(H,36,37,43)/t17-,26+/m0/s1. The van der Waals surface area contributed by atoms with Crippen molar-refractivity contribution in [2.75, 3.05) is 29.9 Å². The molecule has 2 atom stereocenters. The summed E-state index contributed by atoms with van der Waals surface area (Å²) < 4.78 is 8.59. The third-order valence-electron chi connectivity index (χ3n) is 9.13. The lowest BCUT2D eigenvalue weighted by atomic mass is 9.73. The zero-order valence-electron chi connectivity index (χ0n) is 24.2. The Morgan fingerprint density at radius 1 is 1.16 bits per heavy atom. The van der Waals surface area contributed by atoms with Crippen LogP contribution in [0.5, 0.6) is 0 Å². The topological polar surface area (TPSA) is 153 Å². The molecule has 4 N–H and O–H groups in total. The van der Waals surface area contributed by atoms with Gasteiger partial charge in [0.25, 0.3) is 11.5 Å². The molecule has 3 aromatic heterocycles. The van der Waals surface area contributed by atoms with Gasteiger partial charge in [-0.15, -0.1) is 0 Å². The lowest BCUT2D eigenvalue weighted by Gasteiger charge is -2.41.